The van der Waals surface area contributed by atoms with E-state index in [9.17, 15) is 9.59 Å². The zero-order valence-electron chi connectivity index (χ0n) is 16.7. The molecule has 154 valence electrons. The molecule has 8 heteroatoms. The molecule has 30 heavy (non-hydrogen) atoms. The van der Waals surface area contributed by atoms with E-state index in [0.29, 0.717) is 11.3 Å². The lowest BCUT2D eigenvalue weighted by atomic mass is 10.0. The van der Waals surface area contributed by atoms with Gasteiger partial charge in [-0.05, 0) is 55.1 Å². The van der Waals surface area contributed by atoms with E-state index in [0.717, 1.165) is 42.8 Å². The van der Waals surface area contributed by atoms with Crippen molar-refractivity contribution < 1.29 is 9.59 Å². The molecule has 2 aromatic heterocycles. The number of aryl methyl sites for hydroxylation is 1. The van der Waals surface area contributed by atoms with Gasteiger partial charge in [0.15, 0.2) is 5.69 Å². The molecule has 1 atom stereocenters. The van der Waals surface area contributed by atoms with Crippen molar-refractivity contribution in [3.63, 3.8) is 0 Å². The first kappa shape index (κ1) is 20.2. The van der Waals surface area contributed by atoms with Crippen molar-refractivity contribution in [3.8, 4) is 0 Å². The number of pyridine rings is 1. The maximum atomic E-state index is 13.5. The van der Waals surface area contributed by atoms with E-state index >= 15 is 0 Å². The molecule has 3 aromatic rings. The van der Waals surface area contributed by atoms with E-state index in [1.54, 1.807) is 23.8 Å². The average molecular weight is 422 g/mol. The molecule has 1 aliphatic rings. The fourth-order valence-electron chi connectivity index (χ4n) is 3.85. The van der Waals surface area contributed by atoms with Crippen molar-refractivity contribution in [3.05, 3.63) is 71.0 Å². The summed E-state index contributed by atoms with van der Waals surface area (Å²) in [6.07, 6.45) is 7.41. The van der Waals surface area contributed by atoms with E-state index in [1.165, 1.54) is 4.90 Å². The number of carbonyl (C=O) groups excluding carboxylic acids is 2. The van der Waals surface area contributed by atoms with Crippen LogP contribution in [-0.4, -0.2) is 32.4 Å². The number of rotatable bonds is 6. The van der Waals surface area contributed by atoms with Crippen LogP contribution in [0.1, 0.15) is 53.3 Å². The zero-order chi connectivity index (χ0) is 20.9. The molecule has 2 amide bonds. The Balaban J connectivity index is 1.79. The van der Waals surface area contributed by atoms with E-state index in [2.05, 4.69) is 19.9 Å². The highest BCUT2D eigenvalue weighted by Crippen LogP contribution is 2.30. The molecule has 2 heterocycles. The van der Waals surface area contributed by atoms with Crippen LogP contribution in [0.15, 0.2) is 54.2 Å². The Morgan fingerprint density at radius 2 is 2.03 bits per heavy atom. The Morgan fingerprint density at radius 1 is 1.20 bits per heavy atom. The van der Waals surface area contributed by atoms with Gasteiger partial charge in [-0.15, -0.1) is 5.10 Å². The summed E-state index contributed by atoms with van der Waals surface area (Å²) in [5, 5.41) is 8.70. The fourth-order valence-corrected chi connectivity index (χ4v) is 4.28. The molecule has 1 fully saturated rings. The first-order valence-electron chi connectivity index (χ1n) is 10.0. The molecule has 1 N–H and O–H groups in total. The van der Waals surface area contributed by atoms with Gasteiger partial charge >= 0.3 is 0 Å². The normalized spacial score (nSPS) is 15.0. The number of hydrogen-bond acceptors (Lipinski definition) is 6. The van der Waals surface area contributed by atoms with Crippen LogP contribution in [0.2, 0.25) is 0 Å². The Kier molecular flexibility index (Phi) is 6.13. The van der Waals surface area contributed by atoms with Gasteiger partial charge in [-0.2, -0.15) is 0 Å². The smallest absolute Gasteiger partial charge is 0.280 e. The van der Waals surface area contributed by atoms with Gasteiger partial charge in [0.25, 0.3) is 5.91 Å². The number of nitrogens with zero attached hydrogens (tertiary/aromatic N) is 4. The minimum Gasteiger partial charge on any atom is -0.351 e. The summed E-state index contributed by atoms with van der Waals surface area (Å²) in [5.41, 5.74) is 2.47. The molecule has 1 unspecified atom stereocenters. The lowest BCUT2D eigenvalue weighted by Gasteiger charge is -2.31. The summed E-state index contributed by atoms with van der Waals surface area (Å²) < 4.78 is 3.83. The van der Waals surface area contributed by atoms with Crippen LogP contribution in [0.4, 0.5) is 5.69 Å². The van der Waals surface area contributed by atoms with E-state index in [1.807, 2.05) is 37.3 Å². The SMILES string of the molecule is Cc1cccc(N(C(=O)c2csnn2)C(C(=O)NC2CCCC2)c2cccnc2)c1. The number of nitrogens with one attached hydrogen (secondary N) is 1. The average Bonchev–Trinajstić information content (AvgIpc) is 3.46. The summed E-state index contributed by atoms with van der Waals surface area (Å²) in [6.45, 7) is 1.95. The van der Waals surface area contributed by atoms with Gasteiger partial charge in [0.05, 0.1) is 0 Å². The van der Waals surface area contributed by atoms with Crippen LogP contribution < -0.4 is 10.2 Å². The van der Waals surface area contributed by atoms with Crippen LogP contribution in [-0.2, 0) is 4.79 Å². The largest absolute Gasteiger partial charge is 0.351 e. The lowest BCUT2D eigenvalue weighted by Crippen LogP contribution is -2.46. The van der Waals surface area contributed by atoms with Crippen LogP contribution in [0.5, 0.6) is 0 Å². The van der Waals surface area contributed by atoms with Crippen molar-refractivity contribution in [2.45, 2.75) is 44.7 Å². The molecule has 0 spiro atoms. The molecule has 7 nitrogen and oxygen atoms in total. The number of hydrogen-bond donors (Lipinski definition) is 1. The van der Waals surface area contributed by atoms with Gasteiger partial charge in [-0.25, -0.2) is 0 Å². The first-order valence-corrected chi connectivity index (χ1v) is 10.8. The van der Waals surface area contributed by atoms with Gasteiger partial charge in [-0.1, -0.05) is 35.5 Å². The summed E-state index contributed by atoms with van der Waals surface area (Å²) in [5.74, 6) is -0.585. The third-order valence-electron chi connectivity index (χ3n) is 5.29. The Labute approximate surface area is 179 Å². The number of carbonyl (C=O) groups is 2. The Hall–Kier alpha value is -3.13. The fraction of sp³-hybridized carbons (Fsp3) is 0.318. The van der Waals surface area contributed by atoms with Crippen LogP contribution in [0.3, 0.4) is 0 Å². The van der Waals surface area contributed by atoms with Crippen molar-refractivity contribution >= 4 is 29.0 Å². The van der Waals surface area contributed by atoms with Gasteiger partial charge < -0.3 is 5.32 Å². The summed E-state index contributed by atoms with van der Waals surface area (Å²) >= 11 is 1.10. The van der Waals surface area contributed by atoms with Gasteiger partial charge in [0, 0.05) is 35.1 Å². The topological polar surface area (TPSA) is 88.1 Å². The maximum absolute atomic E-state index is 13.5. The van der Waals surface area contributed by atoms with Crippen LogP contribution >= 0.6 is 11.5 Å². The predicted molar refractivity (Wildman–Crippen MR) is 115 cm³/mol. The quantitative estimate of drug-likeness (QED) is 0.656. The molecular formula is C22H23N5O2S. The number of anilines is 1. The third kappa shape index (κ3) is 4.38. The second kappa shape index (κ2) is 9.13. The Morgan fingerprint density at radius 3 is 2.70 bits per heavy atom. The molecule has 0 aliphatic heterocycles. The van der Waals surface area contributed by atoms with Gasteiger partial charge in [0.2, 0.25) is 5.91 Å². The molecular weight excluding hydrogens is 398 g/mol. The highest BCUT2D eigenvalue weighted by Gasteiger charge is 2.35. The highest BCUT2D eigenvalue weighted by molar-refractivity contribution is 7.03. The van der Waals surface area contributed by atoms with Crippen molar-refractivity contribution in [1.29, 1.82) is 0 Å². The highest BCUT2D eigenvalue weighted by atomic mass is 32.1. The lowest BCUT2D eigenvalue weighted by molar-refractivity contribution is -0.123. The summed E-state index contributed by atoms with van der Waals surface area (Å²) in [6, 6.07) is 10.4. The Bertz CT molecular complexity index is 1000. The number of benzene rings is 1. The van der Waals surface area contributed by atoms with E-state index in [-0.39, 0.29) is 23.6 Å². The van der Waals surface area contributed by atoms with E-state index in [4.69, 9.17) is 0 Å². The zero-order valence-corrected chi connectivity index (χ0v) is 17.5. The monoisotopic (exact) mass is 421 g/mol. The molecule has 0 saturated heterocycles. The first-order chi connectivity index (χ1) is 14.6. The standard InChI is InChI=1S/C22H23N5O2S/c1-15-6-4-10-18(12-15)27(22(29)19-14-30-26-25-19)20(16-7-5-11-23-13-16)21(28)24-17-8-2-3-9-17/h4-7,10-14,17,20H,2-3,8-9H2,1H3,(H,24,28). The van der Waals surface area contributed by atoms with Crippen molar-refractivity contribution in [2.75, 3.05) is 4.90 Å². The van der Waals surface area contributed by atoms with Crippen LogP contribution in [0.25, 0.3) is 0 Å². The molecule has 1 aromatic carbocycles. The summed E-state index contributed by atoms with van der Waals surface area (Å²) in [7, 11) is 0. The molecule has 4 rings (SSSR count). The minimum atomic E-state index is -0.865. The van der Waals surface area contributed by atoms with Crippen LogP contribution in [0, 0.1) is 6.92 Å². The van der Waals surface area contributed by atoms with Gasteiger partial charge in [0.1, 0.15) is 6.04 Å². The predicted octanol–water partition coefficient (Wildman–Crippen LogP) is 3.69. The summed E-state index contributed by atoms with van der Waals surface area (Å²) in [4.78, 5) is 32.7. The molecule has 0 radical (unpaired) electrons. The van der Waals surface area contributed by atoms with Gasteiger partial charge in [-0.3, -0.25) is 19.5 Å². The van der Waals surface area contributed by atoms with Crippen molar-refractivity contribution in [2.24, 2.45) is 0 Å². The minimum absolute atomic E-state index is 0.132. The second-order valence-electron chi connectivity index (χ2n) is 7.48. The number of amides is 2. The third-order valence-corrected chi connectivity index (χ3v) is 5.79. The van der Waals surface area contributed by atoms with Crippen molar-refractivity contribution in [1.82, 2.24) is 19.9 Å². The number of aromatic nitrogens is 3. The maximum Gasteiger partial charge on any atom is 0.280 e. The molecule has 1 aliphatic carbocycles. The molecule has 1 saturated carbocycles. The molecule has 0 bridgehead atoms. The van der Waals surface area contributed by atoms with E-state index < -0.39 is 6.04 Å². The second-order valence-corrected chi connectivity index (χ2v) is 8.09.